The Kier molecular flexibility index (Phi) is 7.16. The molecule has 1 heterocycles. The fraction of sp³-hybridized carbons (Fsp3) is 0.588. The lowest BCUT2D eigenvalue weighted by molar-refractivity contribution is -0.121. The number of halogens is 1. The second-order valence-electron chi connectivity index (χ2n) is 5.76. The van der Waals surface area contributed by atoms with Crippen LogP contribution in [0.1, 0.15) is 18.9 Å². The molecule has 0 unspecified atom stereocenters. The Labute approximate surface area is 138 Å². The number of carbonyl (C=O) groups excluding carboxylic acids is 1. The molecule has 2 rings (SSSR count). The molecule has 0 aromatic heterocycles. The van der Waals surface area contributed by atoms with Gasteiger partial charge in [-0.05, 0) is 30.7 Å². The standard InChI is InChI=1S/C17H26ClN3O/c1-2-20-10-12-21(13-11-20)9-7-17(22)19-8-6-15-4-3-5-16(18)14-15/h3-5,14H,2,6-13H2,1H3,(H,19,22). The Balaban J connectivity index is 1.58. The van der Waals surface area contributed by atoms with Gasteiger partial charge < -0.3 is 15.1 Å². The minimum absolute atomic E-state index is 0.139. The molecule has 4 nitrogen and oxygen atoms in total. The van der Waals surface area contributed by atoms with Crippen molar-refractivity contribution in [3.05, 3.63) is 34.9 Å². The molecule has 0 aliphatic carbocycles. The van der Waals surface area contributed by atoms with E-state index in [1.807, 2.05) is 24.3 Å². The highest BCUT2D eigenvalue weighted by molar-refractivity contribution is 6.30. The predicted molar refractivity (Wildman–Crippen MR) is 91.3 cm³/mol. The van der Waals surface area contributed by atoms with E-state index in [-0.39, 0.29) is 5.91 Å². The molecular formula is C17H26ClN3O. The minimum Gasteiger partial charge on any atom is -0.356 e. The van der Waals surface area contributed by atoms with Gasteiger partial charge in [0.15, 0.2) is 0 Å². The third-order valence-electron chi connectivity index (χ3n) is 4.19. The number of benzene rings is 1. The summed E-state index contributed by atoms with van der Waals surface area (Å²) in [5.41, 5.74) is 1.16. The molecule has 0 bridgehead atoms. The van der Waals surface area contributed by atoms with E-state index >= 15 is 0 Å². The van der Waals surface area contributed by atoms with Gasteiger partial charge >= 0.3 is 0 Å². The van der Waals surface area contributed by atoms with Gasteiger partial charge in [0.05, 0.1) is 0 Å². The molecule has 0 atom stereocenters. The molecule has 0 spiro atoms. The fourth-order valence-corrected chi connectivity index (χ4v) is 2.93. The molecule has 1 fully saturated rings. The second-order valence-corrected chi connectivity index (χ2v) is 6.19. The number of piperazine rings is 1. The summed E-state index contributed by atoms with van der Waals surface area (Å²) in [6.07, 6.45) is 1.41. The van der Waals surface area contributed by atoms with Gasteiger partial charge in [-0.3, -0.25) is 4.79 Å². The van der Waals surface area contributed by atoms with Crippen molar-refractivity contribution in [2.75, 3.05) is 45.8 Å². The highest BCUT2D eigenvalue weighted by Gasteiger charge is 2.15. The largest absolute Gasteiger partial charge is 0.356 e. The SMILES string of the molecule is CCN1CCN(CCC(=O)NCCc2cccc(Cl)c2)CC1. The van der Waals surface area contributed by atoms with Crippen LogP contribution < -0.4 is 5.32 Å². The van der Waals surface area contributed by atoms with Crippen molar-refractivity contribution in [3.8, 4) is 0 Å². The van der Waals surface area contributed by atoms with Crippen LogP contribution in [0.5, 0.6) is 0 Å². The van der Waals surface area contributed by atoms with Crippen molar-refractivity contribution in [1.29, 1.82) is 0 Å². The zero-order valence-corrected chi connectivity index (χ0v) is 14.1. The number of nitrogens with zero attached hydrogens (tertiary/aromatic N) is 2. The lowest BCUT2D eigenvalue weighted by Gasteiger charge is -2.33. The summed E-state index contributed by atoms with van der Waals surface area (Å²) in [6, 6.07) is 7.78. The molecule has 122 valence electrons. The van der Waals surface area contributed by atoms with Crippen LogP contribution in [-0.2, 0) is 11.2 Å². The van der Waals surface area contributed by atoms with Crippen LogP contribution in [0.4, 0.5) is 0 Å². The molecule has 1 aromatic rings. The quantitative estimate of drug-likeness (QED) is 0.834. The summed E-state index contributed by atoms with van der Waals surface area (Å²) in [7, 11) is 0. The number of nitrogens with one attached hydrogen (secondary N) is 1. The van der Waals surface area contributed by atoms with Crippen LogP contribution in [-0.4, -0.2) is 61.5 Å². The molecule has 1 amide bonds. The molecule has 1 aromatic carbocycles. The number of hydrogen-bond donors (Lipinski definition) is 1. The summed E-state index contributed by atoms with van der Waals surface area (Å²) in [5.74, 6) is 0.139. The van der Waals surface area contributed by atoms with Crippen LogP contribution in [0.2, 0.25) is 5.02 Å². The Bertz CT molecular complexity index is 473. The van der Waals surface area contributed by atoms with Crippen LogP contribution in [0.15, 0.2) is 24.3 Å². The number of amides is 1. The van der Waals surface area contributed by atoms with Crippen molar-refractivity contribution in [2.45, 2.75) is 19.8 Å². The topological polar surface area (TPSA) is 35.6 Å². The van der Waals surface area contributed by atoms with E-state index in [9.17, 15) is 4.79 Å². The molecular weight excluding hydrogens is 298 g/mol. The van der Waals surface area contributed by atoms with Gasteiger partial charge in [0.25, 0.3) is 0 Å². The molecule has 1 N–H and O–H groups in total. The average molecular weight is 324 g/mol. The van der Waals surface area contributed by atoms with Gasteiger partial charge in [0.1, 0.15) is 0 Å². The van der Waals surface area contributed by atoms with Crippen LogP contribution in [0.3, 0.4) is 0 Å². The Morgan fingerprint density at radius 1 is 1.23 bits per heavy atom. The Morgan fingerprint density at radius 2 is 1.95 bits per heavy atom. The summed E-state index contributed by atoms with van der Waals surface area (Å²) in [5, 5.41) is 3.74. The average Bonchev–Trinajstić information content (AvgIpc) is 2.53. The summed E-state index contributed by atoms with van der Waals surface area (Å²) in [4.78, 5) is 16.7. The molecule has 1 saturated heterocycles. The van der Waals surface area contributed by atoms with Crippen LogP contribution in [0, 0.1) is 0 Å². The normalized spacial score (nSPS) is 16.6. The summed E-state index contributed by atoms with van der Waals surface area (Å²) < 4.78 is 0. The first-order valence-electron chi connectivity index (χ1n) is 8.13. The Morgan fingerprint density at radius 3 is 2.64 bits per heavy atom. The maximum absolute atomic E-state index is 11.9. The smallest absolute Gasteiger partial charge is 0.221 e. The zero-order chi connectivity index (χ0) is 15.8. The Hall–Kier alpha value is -1.10. The van der Waals surface area contributed by atoms with Gasteiger partial charge in [-0.2, -0.15) is 0 Å². The zero-order valence-electron chi connectivity index (χ0n) is 13.4. The highest BCUT2D eigenvalue weighted by Crippen LogP contribution is 2.10. The van der Waals surface area contributed by atoms with Crippen molar-refractivity contribution in [2.24, 2.45) is 0 Å². The van der Waals surface area contributed by atoms with Gasteiger partial charge in [-0.15, -0.1) is 0 Å². The molecule has 0 saturated carbocycles. The fourth-order valence-electron chi connectivity index (χ4n) is 2.72. The first-order chi connectivity index (χ1) is 10.7. The molecule has 0 radical (unpaired) electrons. The van der Waals surface area contributed by atoms with E-state index < -0.39 is 0 Å². The van der Waals surface area contributed by atoms with Gasteiger partial charge in [0, 0.05) is 50.7 Å². The molecule has 1 aliphatic rings. The third-order valence-corrected chi connectivity index (χ3v) is 4.43. The van der Waals surface area contributed by atoms with Crippen LogP contribution >= 0.6 is 11.6 Å². The number of likely N-dealkylation sites (N-methyl/N-ethyl adjacent to an activating group) is 1. The number of rotatable bonds is 7. The highest BCUT2D eigenvalue weighted by atomic mass is 35.5. The summed E-state index contributed by atoms with van der Waals surface area (Å²) in [6.45, 7) is 9.23. The monoisotopic (exact) mass is 323 g/mol. The maximum Gasteiger partial charge on any atom is 0.221 e. The minimum atomic E-state index is 0.139. The van der Waals surface area contributed by atoms with Crippen molar-refractivity contribution in [1.82, 2.24) is 15.1 Å². The van der Waals surface area contributed by atoms with Crippen LogP contribution in [0.25, 0.3) is 0 Å². The lowest BCUT2D eigenvalue weighted by Crippen LogP contribution is -2.47. The van der Waals surface area contributed by atoms with E-state index in [2.05, 4.69) is 22.0 Å². The molecule has 5 heteroatoms. The van der Waals surface area contributed by atoms with Crippen molar-refractivity contribution < 1.29 is 4.79 Å². The summed E-state index contributed by atoms with van der Waals surface area (Å²) >= 11 is 5.95. The van der Waals surface area contributed by atoms with E-state index in [0.717, 1.165) is 56.3 Å². The van der Waals surface area contributed by atoms with Crippen molar-refractivity contribution in [3.63, 3.8) is 0 Å². The predicted octanol–water partition coefficient (Wildman–Crippen LogP) is 2.03. The number of hydrogen-bond acceptors (Lipinski definition) is 3. The van der Waals surface area contributed by atoms with Gasteiger partial charge in [-0.1, -0.05) is 30.7 Å². The first-order valence-corrected chi connectivity index (χ1v) is 8.51. The van der Waals surface area contributed by atoms with E-state index in [1.165, 1.54) is 0 Å². The second kappa shape index (κ2) is 9.13. The lowest BCUT2D eigenvalue weighted by atomic mass is 10.1. The third kappa shape index (κ3) is 5.95. The van der Waals surface area contributed by atoms with E-state index in [0.29, 0.717) is 13.0 Å². The molecule has 22 heavy (non-hydrogen) atoms. The van der Waals surface area contributed by atoms with E-state index in [1.54, 1.807) is 0 Å². The van der Waals surface area contributed by atoms with Crippen molar-refractivity contribution >= 4 is 17.5 Å². The maximum atomic E-state index is 11.9. The van der Waals surface area contributed by atoms with Gasteiger partial charge in [-0.25, -0.2) is 0 Å². The van der Waals surface area contributed by atoms with Gasteiger partial charge in [0.2, 0.25) is 5.91 Å². The number of carbonyl (C=O) groups is 1. The molecule has 1 aliphatic heterocycles. The first kappa shape index (κ1) is 17.3. The van der Waals surface area contributed by atoms with E-state index in [4.69, 9.17) is 11.6 Å².